The Hall–Kier alpha value is -4.03. The number of nitriles is 1. The van der Waals surface area contributed by atoms with Gasteiger partial charge in [0, 0.05) is 23.4 Å². The summed E-state index contributed by atoms with van der Waals surface area (Å²) in [5.41, 5.74) is 10.0. The summed E-state index contributed by atoms with van der Waals surface area (Å²) in [5.74, 6) is -0.232. The molecule has 1 unspecified atom stereocenters. The molecular weight excluding hydrogens is 619 g/mol. The SMILES string of the molecule is Cc1cc(C)c(C2C(C#N)=C(N)N(c3cccc(C(F)(F)F)c3)C3=C2C(=O)CC(C)(C)C3)cc1COc1ccccc1Br. The van der Waals surface area contributed by atoms with E-state index >= 15 is 0 Å². The molecule has 0 spiro atoms. The number of Topliss-reactive ketones (excluding diaryl/α,β-unsaturated/α-hetero) is 1. The van der Waals surface area contributed by atoms with Crippen LogP contribution in [-0.4, -0.2) is 5.78 Å². The molecule has 5 nitrogen and oxygen atoms in total. The normalized spacial score (nSPS) is 18.4. The highest BCUT2D eigenvalue weighted by atomic mass is 79.9. The number of carbonyl (C=O) groups is 1. The fourth-order valence-electron chi connectivity index (χ4n) is 6.04. The lowest BCUT2D eigenvalue weighted by molar-refractivity contribution is -0.137. The van der Waals surface area contributed by atoms with Gasteiger partial charge in [-0.3, -0.25) is 9.69 Å². The molecular formula is C34H31BrF3N3O2. The Morgan fingerprint density at radius 2 is 1.79 bits per heavy atom. The van der Waals surface area contributed by atoms with Gasteiger partial charge in [0.2, 0.25) is 0 Å². The van der Waals surface area contributed by atoms with Crippen molar-refractivity contribution in [1.29, 1.82) is 5.26 Å². The summed E-state index contributed by atoms with van der Waals surface area (Å²) in [5, 5.41) is 10.5. The molecule has 222 valence electrons. The molecule has 0 bridgehead atoms. The van der Waals surface area contributed by atoms with E-state index in [0.29, 0.717) is 23.4 Å². The minimum absolute atomic E-state index is 0.0158. The van der Waals surface area contributed by atoms with Crippen molar-refractivity contribution in [3.63, 3.8) is 0 Å². The van der Waals surface area contributed by atoms with E-state index in [9.17, 15) is 23.2 Å². The summed E-state index contributed by atoms with van der Waals surface area (Å²) < 4.78 is 48.0. The Balaban J connectivity index is 1.68. The summed E-state index contributed by atoms with van der Waals surface area (Å²) in [6, 6.07) is 18.5. The number of benzene rings is 3. The summed E-state index contributed by atoms with van der Waals surface area (Å²) in [4.78, 5) is 15.4. The molecule has 3 aromatic carbocycles. The van der Waals surface area contributed by atoms with Crippen LogP contribution in [0.3, 0.4) is 0 Å². The molecule has 1 aliphatic heterocycles. The fraction of sp³-hybridized carbons (Fsp3) is 0.294. The van der Waals surface area contributed by atoms with E-state index in [4.69, 9.17) is 10.5 Å². The van der Waals surface area contributed by atoms with E-state index < -0.39 is 23.1 Å². The number of ether oxygens (including phenoxy) is 1. The van der Waals surface area contributed by atoms with Gasteiger partial charge in [0.05, 0.1) is 27.6 Å². The van der Waals surface area contributed by atoms with Crippen LogP contribution in [0.15, 0.2) is 87.8 Å². The average molecular weight is 651 g/mol. The van der Waals surface area contributed by atoms with Crippen molar-refractivity contribution in [1.82, 2.24) is 0 Å². The number of nitrogens with zero attached hydrogens (tertiary/aromatic N) is 2. The lowest BCUT2D eigenvalue weighted by atomic mass is 9.68. The highest BCUT2D eigenvalue weighted by Crippen LogP contribution is 2.51. The van der Waals surface area contributed by atoms with Crippen molar-refractivity contribution in [3.05, 3.63) is 116 Å². The van der Waals surface area contributed by atoms with Crippen molar-refractivity contribution in [3.8, 4) is 11.8 Å². The van der Waals surface area contributed by atoms with E-state index in [1.165, 1.54) is 17.0 Å². The number of nitrogens with two attached hydrogens (primary N) is 1. The van der Waals surface area contributed by atoms with Crippen LogP contribution in [0.2, 0.25) is 0 Å². The summed E-state index contributed by atoms with van der Waals surface area (Å²) >= 11 is 3.50. The molecule has 1 atom stereocenters. The van der Waals surface area contributed by atoms with Crippen LogP contribution in [0, 0.1) is 30.6 Å². The molecule has 0 saturated carbocycles. The van der Waals surface area contributed by atoms with E-state index in [2.05, 4.69) is 22.0 Å². The molecule has 9 heteroatoms. The first-order valence-electron chi connectivity index (χ1n) is 13.8. The molecule has 0 aromatic heterocycles. The molecule has 3 aromatic rings. The van der Waals surface area contributed by atoms with Gasteiger partial charge >= 0.3 is 6.18 Å². The number of allylic oxidation sites excluding steroid dienone is 3. The van der Waals surface area contributed by atoms with Gasteiger partial charge in [-0.25, -0.2) is 0 Å². The molecule has 2 N–H and O–H groups in total. The monoisotopic (exact) mass is 649 g/mol. The topological polar surface area (TPSA) is 79.4 Å². The van der Waals surface area contributed by atoms with Crippen LogP contribution in [0.4, 0.5) is 18.9 Å². The molecule has 5 rings (SSSR count). The van der Waals surface area contributed by atoms with Crippen molar-refractivity contribution in [2.24, 2.45) is 11.1 Å². The predicted molar refractivity (Wildman–Crippen MR) is 163 cm³/mol. The third-order valence-corrected chi connectivity index (χ3v) is 8.72. The molecule has 1 aliphatic carbocycles. The van der Waals surface area contributed by atoms with E-state index in [1.807, 2.05) is 64.1 Å². The Morgan fingerprint density at radius 3 is 2.47 bits per heavy atom. The Morgan fingerprint density at radius 1 is 1.07 bits per heavy atom. The molecule has 1 heterocycles. The maximum atomic E-state index is 13.9. The second-order valence-corrected chi connectivity index (χ2v) is 12.7. The van der Waals surface area contributed by atoms with Gasteiger partial charge in [0.1, 0.15) is 18.2 Å². The van der Waals surface area contributed by atoms with Crippen molar-refractivity contribution in [2.75, 3.05) is 4.90 Å². The number of hydrogen-bond donors (Lipinski definition) is 1. The quantitative estimate of drug-likeness (QED) is 0.299. The number of aryl methyl sites for hydroxylation is 2. The van der Waals surface area contributed by atoms with Gasteiger partial charge < -0.3 is 10.5 Å². The lowest BCUT2D eigenvalue weighted by Gasteiger charge is -2.44. The van der Waals surface area contributed by atoms with Crippen molar-refractivity contribution < 1.29 is 22.7 Å². The maximum absolute atomic E-state index is 13.9. The smallest absolute Gasteiger partial charge is 0.416 e. The van der Waals surface area contributed by atoms with E-state index in [0.717, 1.165) is 38.9 Å². The predicted octanol–water partition coefficient (Wildman–Crippen LogP) is 8.60. The van der Waals surface area contributed by atoms with Crippen LogP contribution < -0.4 is 15.4 Å². The molecule has 0 saturated heterocycles. The van der Waals surface area contributed by atoms with E-state index in [-0.39, 0.29) is 35.9 Å². The largest absolute Gasteiger partial charge is 0.488 e. The number of ketones is 1. The third kappa shape index (κ3) is 5.81. The zero-order valence-electron chi connectivity index (χ0n) is 24.3. The van der Waals surface area contributed by atoms with Crippen LogP contribution in [0.25, 0.3) is 0 Å². The van der Waals surface area contributed by atoms with Crippen molar-refractivity contribution >= 4 is 27.4 Å². The summed E-state index contributed by atoms with van der Waals surface area (Å²) in [6.45, 7) is 8.03. The second-order valence-electron chi connectivity index (χ2n) is 11.9. The minimum atomic E-state index is -4.57. The standard InChI is InChI=1S/C34H31BrF3N3O2/c1-19-12-20(2)24(13-21(19)18-43-29-11-6-5-10-26(29)35)30-25(17-39)32(40)41(23-9-7-8-22(14-23)34(36,37)38)27-15-33(3,4)16-28(42)31(27)30/h5-14,30H,15-16,18,40H2,1-4H3. The Kier molecular flexibility index (Phi) is 7.95. The van der Waals surface area contributed by atoms with Gasteiger partial charge in [0.25, 0.3) is 0 Å². The number of rotatable bonds is 5. The average Bonchev–Trinajstić information content (AvgIpc) is 2.92. The number of alkyl halides is 3. The number of para-hydroxylation sites is 1. The van der Waals surface area contributed by atoms with Crippen LogP contribution in [0.5, 0.6) is 5.75 Å². The lowest BCUT2D eigenvalue weighted by Crippen LogP contribution is -2.42. The second kappa shape index (κ2) is 11.2. The summed E-state index contributed by atoms with van der Waals surface area (Å²) in [7, 11) is 0. The maximum Gasteiger partial charge on any atom is 0.416 e. The van der Waals surface area contributed by atoms with Crippen molar-refractivity contribution in [2.45, 2.75) is 59.2 Å². The first kappa shape index (κ1) is 30.4. The minimum Gasteiger partial charge on any atom is -0.488 e. The zero-order valence-corrected chi connectivity index (χ0v) is 25.9. The highest BCUT2D eigenvalue weighted by Gasteiger charge is 2.45. The van der Waals surface area contributed by atoms with Gasteiger partial charge in [-0.15, -0.1) is 0 Å². The van der Waals surface area contributed by atoms with E-state index in [1.54, 1.807) is 0 Å². The molecule has 0 fully saturated rings. The van der Waals surface area contributed by atoms with Crippen LogP contribution in [0.1, 0.15) is 60.4 Å². The highest BCUT2D eigenvalue weighted by molar-refractivity contribution is 9.10. The number of hydrogen-bond acceptors (Lipinski definition) is 5. The Bertz CT molecular complexity index is 1730. The third-order valence-electron chi connectivity index (χ3n) is 8.07. The van der Waals surface area contributed by atoms with Gasteiger partial charge in [0.15, 0.2) is 5.78 Å². The zero-order chi connectivity index (χ0) is 31.3. The molecule has 0 amide bonds. The van der Waals surface area contributed by atoms with Gasteiger partial charge in [-0.1, -0.05) is 44.2 Å². The molecule has 43 heavy (non-hydrogen) atoms. The van der Waals surface area contributed by atoms with Gasteiger partial charge in [-0.2, -0.15) is 18.4 Å². The fourth-order valence-corrected chi connectivity index (χ4v) is 6.44. The van der Waals surface area contributed by atoms with Crippen LogP contribution in [-0.2, 0) is 17.6 Å². The first-order chi connectivity index (χ1) is 20.2. The first-order valence-corrected chi connectivity index (χ1v) is 14.6. The van der Waals surface area contributed by atoms with Crippen LogP contribution >= 0.6 is 15.9 Å². The number of anilines is 1. The molecule has 0 radical (unpaired) electrons. The molecule has 2 aliphatic rings. The number of carbonyl (C=O) groups excluding carboxylic acids is 1. The Labute approximate surface area is 257 Å². The summed E-state index contributed by atoms with van der Waals surface area (Å²) in [6.07, 6.45) is -3.94. The number of halogens is 4. The van der Waals surface area contributed by atoms with Gasteiger partial charge in [-0.05, 0) is 94.2 Å².